The van der Waals surface area contributed by atoms with Gasteiger partial charge >= 0.3 is 5.69 Å². The molecule has 0 N–H and O–H groups in total. The average Bonchev–Trinajstić information content (AvgIpc) is 2.81. The molecule has 7 nitrogen and oxygen atoms in total. The van der Waals surface area contributed by atoms with E-state index in [0.29, 0.717) is 5.69 Å². The van der Waals surface area contributed by atoms with Crippen LogP contribution >= 0.6 is 0 Å². The molecule has 16 heavy (non-hydrogen) atoms. The molecule has 2 aromatic rings. The Hall–Kier alpha value is -2.44. The Bertz CT molecular complexity index is 509. The summed E-state index contributed by atoms with van der Waals surface area (Å²) in [4.78, 5) is 14.2. The summed E-state index contributed by atoms with van der Waals surface area (Å²) < 4.78 is 6.26. The monoisotopic (exact) mass is 220 g/mol. The van der Waals surface area contributed by atoms with Gasteiger partial charge in [0.05, 0.1) is 12.0 Å². The molecule has 0 saturated heterocycles. The minimum absolute atomic E-state index is 0.129. The highest BCUT2D eigenvalue weighted by Crippen LogP contribution is 2.32. The van der Waals surface area contributed by atoms with Gasteiger partial charge in [0, 0.05) is 0 Å². The summed E-state index contributed by atoms with van der Waals surface area (Å²) in [6.45, 7) is 0. The molecule has 0 bridgehead atoms. The van der Waals surface area contributed by atoms with Crippen LogP contribution in [-0.2, 0) is 0 Å². The summed E-state index contributed by atoms with van der Waals surface area (Å²) in [6, 6.07) is 4.76. The molecule has 7 heteroatoms. The van der Waals surface area contributed by atoms with Crippen molar-refractivity contribution in [3.63, 3.8) is 0 Å². The number of nitrogens with zero attached hydrogens (tertiary/aromatic N) is 4. The van der Waals surface area contributed by atoms with Crippen LogP contribution in [0.4, 0.5) is 5.69 Å². The van der Waals surface area contributed by atoms with Gasteiger partial charge < -0.3 is 4.74 Å². The molecule has 0 aliphatic carbocycles. The Kier molecular flexibility index (Phi) is 2.50. The normalized spacial score (nSPS) is 10.1. The first-order chi connectivity index (χ1) is 7.74. The second-order valence-electron chi connectivity index (χ2n) is 2.93. The first-order valence-electron chi connectivity index (χ1n) is 4.40. The van der Waals surface area contributed by atoms with Crippen LogP contribution in [0.3, 0.4) is 0 Å². The lowest BCUT2D eigenvalue weighted by Gasteiger charge is -2.05. The molecule has 1 aromatic heterocycles. The zero-order chi connectivity index (χ0) is 11.5. The number of hydrogen-bond acceptors (Lipinski definition) is 5. The fourth-order valence-corrected chi connectivity index (χ4v) is 1.38. The zero-order valence-corrected chi connectivity index (χ0v) is 8.40. The van der Waals surface area contributed by atoms with Crippen molar-refractivity contribution in [1.29, 1.82) is 0 Å². The zero-order valence-electron chi connectivity index (χ0n) is 8.40. The van der Waals surface area contributed by atoms with Gasteiger partial charge in [-0.05, 0) is 12.1 Å². The van der Waals surface area contributed by atoms with Crippen LogP contribution in [0, 0.1) is 10.1 Å². The third kappa shape index (κ3) is 1.58. The molecule has 0 unspecified atom stereocenters. The molecule has 1 heterocycles. The lowest BCUT2D eigenvalue weighted by Crippen LogP contribution is -2.02. The van der Waals surface area contributed by atoms with Gasteiger partial charge in [0.2, 0.25) is 0 Å². The van der Waals surface area contributed by atoms with Crippen molar-refractivity contribution in [1.82, 2.24) is 14.8 Å². The van der Waals surface area contributed by atoms with Crippen molar-refractivity contribution in [2.75, 3.05) is 7.11 Å². The molecule has 0 amide bonds. The molecule has 0 radical (unpaired) electrons. The lowest BCUT2D eigenvalue weighted by molar-refractivity contribution is -0.385. The summed E-state index contributed by atoms with van der Waals surface area (Å²) in [5, 5.41) is 14.8. The topological polar surface area (TPSA) is 83.1 Å². The number of benzene rings is 1. The van der Waals surface area contributed by atoms with E-state index in [2.05, 4.69) is 10.1 Å². The Balaban J connectivity index is 2.65. The van der Waals surface area contributed by atoms with Crippen LogP contribution in [0.5, 0.6) is 5.75 Å². The van der Waals surface area contributed by atoms with E-state index in [1.807, 2.05) is 0 Å². The van der Waals surface area contributed by atoms with E-state index >= 15 is 0 Å². The quantitative estimate of drug-likeness (QED) is 0.573. The number of nitro groups is 1. The molecule has 2 rings (SSSR count). The number of nitro benzene ring substituents is 1. The number of rotatable bonds is 3. The van der Waals surface area contributed by atoms with Crippen LogP contribution in [0.25, 0.3) is 5.69 Å². The van der Waals surface area contributed by atoms with Gasteiger partial charge in [0.1, 0.15) is 18.3 Å². The first kappa shape index (κ1) is 10.1. The molecule has 0 saturated carbocycles. The summed E-state index contributed by atoms with van der Waals surface area (Å²) in [6.07, 6.45) is 2.70. The highest BCUT2D eigenvalue weighted by molar-refractivity contribution is 5.60. The Morgan fingerprint density at radius 1 is 1.50 bits per heavy atom. The van der Waals surface area contributed by atoms with Gasteiger partial charge in [0.15, 0.2) is 5.75 Å². The molecule has 0 atom stereocenters. The molecular weight excluding hydrogens is 212 g/mol. The summed E-state index contributed by atoms with van der Waals surface area (Å²) in [5.74, 6) is 0.193. The van der Waals surface area contributed by atoms with E-state index in [-0.39, 0.29) is 11.4 Å². The Morgan fingerprint density at radius 3 is 2.88 bits per heavy atom. The van der Waals surface area contributed by atoms with Crippen molar-refractivity contribution in [3.05, 3.63) is 41.0 Å². The van der Waals surface area contributed by atoms with Crippen LogP contribution in [0.15, 0.2) is 30.9 Å². The number of ether oxygens (including phenoxy) is 1. The first-order valence-corrected chi connectivity index (χ1v) is 4.40. The molecule has 1 aromatic carbocycles. The van der Waals surface area contributed by atoms with Crippen molar-refractivity contribution < 1.29 is 9.66 Å². The molecule has 0 aliphatic rings. The predicted octanol–water partition coefficient (Wildman–Crippen LogP) is 1.18. The van der Waals surface area contributed by atoms with E-state index < -0.39 is 4.92 Å². The fourth-order valence-electron chi connectivity index (χ4n) is 1.38. The molecule has 0 spiro atoms. The average molecular weight is 220 g/mol. The third-order valence-electron chi connectivity index (χ3n) is 2.05. The summed E-state index contributed by atoms with van der Waals surface area (Å²) in [7, 11) is 1.38. The van der Waals surface area contributed by atoms with Gasteiger partial charge in [-0.1, -0.05) is 6.07 Å². The number of hydrogen-bond donors (Lipinski definition) is 0. The van der Waals surface area contributed by atoms with Gasteiger partial charge in [-0.2, -0.15) is 5.10 Å². The van der Waals surface area contributed by atoms with Crippen LogP contribution < -0.4 is 4.74 Å². The largest absolute Gasteiger partial charge is 0.490 e. The predicted molar refractivity (Wildman–Crippen MR) is 54.6 cm³/mol. The van der Waals surface area contributed by atoms with E-state index in [1.54, 1.807) is 12.1 Å². The number of aromatic nitrogens is 3. The van der Waals surface area contributed by atoms with Gasteiger partial charge in [-0.25, -0.2) is 9.67 Å². The molecule has 0 aliphatic heterocycles. The van der Waals surface area contributed by atoms with E-state index in [4.69, 9.17) is 4.74 Å². The lowest BCUT2D eigenvalue weighted by atomic mass is 10.2. The highest BCUT2D eigenvalue weighted by Gasteiger charge is 2.21. The molecular formula is C9H8N4O3. The summed E-state index contributed by atoms with van der Waals surface area (Å²) in [5.41, 5.74) is 0.192. The number of methoxy groups -OCH3 is 1. The van der Waals surface area contributed by atoms with Crippen molar-refractivity contribution in [3.8, 4) is 11.4 Å². The minimum Gasteiger partial charge on any atom is -0.490 e. The second-order valence-corrected chi connectivity index (χ2v) is 2.93. The Morgan fingerprint density at radius 2 is 2.31 bits per heavy atom. The molecule has 0 fully saturated rings. The number of para-hydroxylation sites is 1. The standard InChI is InChI=1S/C9H8N4O3/c1-16-8-4-2-3-7(9(8)13(14)15)12-6-10-5-11-12/h2-6H,1H3. The van der Waals surface area contributed by atoms with Crippen LogP contribution in [0.1, 0.15) is 0 Å². The van der Waals surface area contributed by atoms with Gasteiger partial charge in [-0.3, -0.25) is 10.1 Å². The second kappa shape index (κ2) is 3.97. The van der Waals surface area contributed by atoms with E-state index in [0.717, 1.165) is 0 Å². The SMILES string of the molecule is COc1cccc(-n2cncn2)c1[N+](=O)[O-]. The summed E-state index contributed by atoms with van der Waals surface area (Å²) >= 11 is 0. The maximum atomic E-state index is 11.0. The minimum atomic E-state index is -0.504. The molecule has 82 valence electrons. The smallest absolute Gasteiger partial charge is 0.336 e. The van der Waals surface area contributed by atoms with E-state index in [1.165, 1.54) is 30.5 Å². The Labute approximate surface area is 90.4 Å². The van der Waals surface area contributed by atoms with Crippen LogP contribution in [0.2, 0.25) is 0 Å². The maximum Gasteiger partial charge on any atom is 0.336 e. The van der Waals surface area contributed by atoms with Gasteiger partial charge in [0.25, 0.3) is 0 Å². The van der Waals surface area contributed by atoms with Gasteiger partial charge in [-0.15, -0.1) is 0 Å². The third-order valence-corrected chi connectivity index (χ3v) is 2.05. The maximum absolute atomic E-state index is 11.0. The van der Waals surface area contributed by atoms with Crippen molar-refractivity contribution in [2.45, 2.75) is 0 Å². The van der Waals surface area contributed by atoms with E-state index in [9.17, 15) is 10.1 Å². The van der Waals surface area contributed by atoms with Crippen molar-refractivity contribution >= 4 is 5.69 Å². The van der Waals surface area contributed by atoms with Crippen molar-refractivity contribution in [2.24, 2.45) is 0 Å². The van der Waals surface area contributed by atoms with Crippen LogP contribution in [-0.4, -0.2) is 26.8 Å². The fraction of sp³-hybridized carbons (Fsp3) is 0.111. The highest BCUT2D eigenvalue weighted by atomic mass is 16.6.